The molecule has 29 heavy (non-hydrogen) atoms. The number of rotatable bonds is 6. The molecule has 1 aliphatic rings. The van der Waals surface area contributed by atoms with Crippen LogP contribution in [-0.2, 0) is 9.53 Å². The smallest absolute Gasteiger partial charge is 0.337 e. The maximum absolute atomic E-state index is 12.5. The predicted molar refractivity (Wildman–Crippen MR) is 110 cm³/mol. The Labute approximate surface area is 170 Å². The molecular weight excluding hydrogens is 370 g/mol. The lowest BCUT2D eigenvalue weighted by molar-refractivity contribution is -0.117. The number of benzene rings is 2. The summed E-state index contributed by atoms with van der Waals surface area (Å²) in [6, 6.07) is 15.9. The van der Waals surface area contributed by atoms with Gasteiger partial charge in [0.15, 0.2) is 0 Å². The van der Waals surface area contributed by atoms with Crippen molar-refractivity contribution >= 4 is 23.5 Å². The van der Waals surface area contributed by atoms with Crippen LogP contribution in [0.2, 0.25) is 0 Å². The molecule has 2 aromatic rings. The average molecular weight is 395 g/mol. The first kappa shape index (κ1) is 20.5. The molecule has 3 rings (SSSR count). The molecule has 0 spiro atoms. The molecular formula is C22H25N3O4. The number of para-hydroxylation sites is 1. The number of anilines is 1. The number of methoxy groups -OCH3 is 1. The molecule has 0 radical (unpaired) electrons. The highest BCUT2D eigenvalue weighted by molar-refractivity contribution is 5.98. The quantitative estimate of drug-likeness (QED) is 0.733. The molecule has 0 aliphatic carbocycles. The number of ether oxygens (including phenoxy) is 1. The van der Waals surface area contributed by atoms with E-state index in [1.165, 1.54) is 13.2 Å². The summed E-state index contributed by atoms with van der Waals surface area (Å²) in [7, 11) is 1.31. The van der Waals surface area contributed by atoms with E-state index in [-0.39, 0.29) is 17.9 Å². The Balaban J connectivity index is 1.45. The van der Waals surface area contributed by atoms with Crippen molar-refractivity contribution in [3.8, 4) is 0 Å². The first-order valence-corrected chi connectivity index (χ1v) is 9.61. The second kappa shape index (κ2) is 9.84. The number of nitrogens with one attached hydrogen (secondary N) is 2. The minimum atomic E-state index is -0.471. The maximum Gasteiger partial charge on any atom is 0.337 e. The van der Waals surface area contributed by atoms with Crippen molar-refractivity contribution in [2.45, 2.75) is 18.9 Å². The highest BCUT2D eigenvalue weighted by Crippen LogP contribution is 2.13. The summed E-state index contributed by atoms with van der Waals surface area (Å²) in [4.78, 5) is 38.4. The van der Waals surface area contributed by atoms with Gasteiger partial charge in [0.1, 0.15) is 0 Å². The Hall–Kier alpha value is -3.19. The molecule has 2 aromatic carbocycles. The van der Waals surface area contributed by atoms with Crippen molar-refractivity contribution < 1.29 is 19.1 Å². The highest BCUT2D eigenvalue weighted by atomic mass is 16.5. The fourth-order valence-electron chi connectivity index (χ4n) is 3.33. The summed E-state index contributed by atoms with van der Waals surface area (Å²) in [5.41, 5.74) is 1.56. The van der Waals surface area contributed by atoms with E-state index in [1.807, 2.05) is 30.3 Å². The van der Waals surface area contributed by atoms with Crippen LogP contribution in [0.15, 0.2) is 54.6 Å². The number of esters is 1. The van der Waals surface area contributed by atoms with Gasteiger partial charge in [0.2, 0.25) is 5.91 Å². The lowest BCUT2D eigenvalue weighted by Gasteiger charge is -2.31. The maximum atomic E-state index is 12.5. The second-order valence-corrected chi connectivity index (χ2v) is 7.01. The largest absolute Gasteiger partial charge is 0.465 e. The fraction of sp³-hybridized carbons (Fsp3) is 0.318. The molecule has 1 aliphatic heterocycles. The molecule has 1 heterocycles. The van der Waals surface area contributed by atoms with Gasteiger partial charge in [-0.05, 0) is 43.2 Å². The third kappa shape index (κ3) is 5.89. The fourth-order valence-corrected chi connectivity index (χ4v) is 3.33. The van der Waals surface area contributed by atoms with E-state index in [9.17, 15) is 14.4 Å². The Morgan fingerprint density at radius 1 is 1.00 bits per heavy atom. The number of amides is 2. The third-order valence-corrected chi connectivity index (χ3v) is 4.89. The van der Waals surface area contributed by atoms with Gasteiger partial charge >= 0.3 is 5.97 Å². The molecule has 152 valence electrons. The van der Waals surface area contributed by atoms with Crippen molar-refractivity contribution in [3.05, 3.63) is 65.7 Å². The predicted octanol–water partition coefficient (Wildman–Crippen LogP) is 2.31. The van der Waals surface area contributed by atoms with Crippen molar-refractivity contribution in [1.82, 2.24) is 10.2 Å². The number of piperidine rings is 1. The summed E-state index contributed by atoms with van der Waals surface area (Å²) >= 11 is 0. The number of carbonyl (C=O) groups excluding carboxylic acids is 3. The van der Waals surface area contributed by atoms with Gasteiger partial charge in [0.05, 0.1) is 19.2 Å². The zero-order chi connectivity index (χ0) is 20.6. The van der Waals surface area contributed by atoms with Crippen LogP contribution in [0.4, 0.5) is 5.69 Å². The summed E-state index contributed by atoms with van der Waals surface area (Å²) in [5.74, 6) is -0.726. The molecule has 1 saturated heterocycles. The zero-order valence-corrected chi connectivity index (χ0v) is 16.4. The van der Waals surface area contributed by atoms with E-state index in [1.54, 1.807) is 18.2 Å². The Kier molecular flexibility index (Phi) is 6.97. The number of carbonyl (C=O) groups is 3. The summed E-state index contributed by atoms with van der Waals surface area (Å²) in [6.07, 6.45) is 1.53. The number of nitrogens with zero attached hydrogens (tertiary/aromatic N) is 1. The van der Waals surface area contributed by atoms with Crippen LogP contribution in [0.3, 0.4) is 0 Å². The molecule has 0 unspecified atom stereocenters. The first-order valence-electron chi connectivity index (χ1n) is 9.61. The number of hydrogen-bond donors (Lipinski definition) is 2. The minimum absolute atomic E-state index is 0.0396. The van der Waals surface area contributed by atoms with E-state index in [2.05, 4.69) is 15.5 Å². The SMILES string of the molecule is COC(=O)c1cccc(C(=O)NC2CCN(CC(=O)Nc3ccccc3)CC2)c1. The minimum Gasteiger partial charge on any atom is -0.465 e. The van der Waals surface area contributed by atoms with Crippen LogP contribution in [0.25, 0.3) is 0 Å². The lowest BCUT2D eigenvalue weighted by atomic mass is 10.0. The van der Waals surface area contributed by atoms with E-state index < -0.39 is 5.97 Å². The van der Waals surface area contributed by atoms with Crippen molar-refractivity contribution in [2.24, 2.45) is 0 Å². The van der Waals surface area contributed by atoms with Crippen LogP contribution in [-0.4, -0.2) is 55.5 Å². The molecule has 2 amide bonds. The van der Waals surface area contributed by atoms with Gasteiger partial charge in [-0.3, -0.25) is 14.5 Å². The summed E-state index contributed by atoms with van der Waals surface area (Å²) in [5, 5.41) is 5.90. The van der Waals surface area contributed by atoms with E-state index in [4.69, 9.17) is 4.74 Å². The molecule has 2 N–H and O–H groups in total. The summed E-state index contributed by atoms with van der Waals surface area (Å²) in [6.45, 7) is 1.79. The molecule has 0 aromatic heterocycles. The van der Waals surface area contributed by atoms with Crippen LogP contribution in [0, 0.1) is 0 Å². The normalized spacial score (nSPS) is 14.8. The first-order chi connectivity index (χ1) is 14.0. The van der Waals surface area contributed by atoms with E-state index in [0.717, 1.165) is 31.6 Å². The van der Waals surface area contributed by atoms with Gasteiger partial charge in [-0.1, -0.05) is 24.3 Å². The van der Waals surface area contributed by atoms with Crippen molar-refractivity contribution in [3.63, 3.8) is 0 Å². The molecule has 0 atom stereocenters. The van der Waals surface area contributed by atoms with Gasteiger partial charge in [-0.25, -0.2) is 4.79 Å². The van der Waals surface area contributed by atoms with Gasteiger partial charge < -0.3 is 15.4 Å². The van der Waals surface area contributed by atoms with Crippen LogP contribution >= 0.6 is 0 Å². The molecule has 0 saturated carbocycles. The molecule has 0 bridgehead atoms. The Bertz CT molecular complexity index is 861. The highest BCUT2D eigenvalue weighted by Gasteiger charge is 2.23. The van der Waals surface area contributed by atoms with Crippen molar-refractivity contribution in [2.75, 3.05) is 32.1 Å². The Morgan fingerprint density at radius 2 is 1.69 bits per heavy atom. The Morgan fingerprint density at radius 3 is 2.38 bits per heavy atom. The van der Waals surface area contributed by atoms with Crippen molar-refractivity contribution in [1.29, 1.82) is 0 Å². The zero-order valence-electron chi connectivity index (χ0n) is 16.4. The topological polar surface area (TPSA) is 87.7 Å². The molecule has 7 nitrogen and oxygen atoms in total. The standard InChI is InChI=1S/C22H25N3O4/c1-29-22(28)17-7-5-6-16(14-17)21(27)24-19-10-12-25(13-11-19)15-20(26)23-18-8-3-2-4-9-18/h2-9,14,19H,10-13,15H2,1H3,(H,23,26)(H,24,27). The van der Waals surface area contributed by atoms with E-state index in [0.29, 0.717) is 17.7 Å². The molecule has 7 heteroatoms. The van der Waals surface area contributed by atoms with E-state index >= 15 is 0 Å². The van der Waals surface area contributed by atoms with Gasteiger partial charge in [0.25, 0.3) is 5.91 Å². The molecule has 1 fully saturated rings. The van der Waals surface area contributed by atoms with Gasteiger partial charge in [-0.2, -0.15) is 0 Å². The third-order valence-electron chi connectivity index (χ3n) is 4.89. The van der Waals surface area contributed by atoms with Crippen LogP contribution in [0.5, 0.6) is 0 Å². The average Bonchev–Trinajstić information content (AvgIpc) is 2.75. The van der Waals surface area contributed by atoms with Crippen LogP contribution < -0.4 is 10.6 Å². The second-order valence-electron chi connectivity index (χ2n) is 7.01. The van der Waals surface area contributed by atoms with Crippen LogP contribution in [0.1, 0.15) is 33.6 Å². The van der Waals surface area contributed by atoms with Gasteiger partial charge in [-0.15, -0.1) is 0 Å². The number of likely N-dealkylation sites (tertiary alicyclic amines) is 1. The summed E-state index contributed by atoms with van der Waals surface area (Å²) < 4.78 is 4.69. The van der Waals surface area contributed by atoms with Gasteiger partial charge in [0, 0.05) is 30.4 Å². The monoisotopic (exact) mass is 395 g/mol. The lowest BCUT2D eigenvalue weighted by Crippen LogP contribution is -2.46. The number of hydrogen-bond acceptors (Lipinski definition) is 5.